The van der Waals surface area contributed by atoms with E-state index in [2.05, 4.69) is 13.5 Å². The van der Waals surface area contributed by atoms with Crippen LogP contribution >= 0.6 is 0 Å². The van der Waals surface area contributed by atoms with E-state index in [0.717, 1.165) is 12.8 Å². The summed E-state index contributed by atoms with van der Waals surface area (Å²) in [5.74, 6) is 0.0212. The van der Waals surface area contributed by atoms with Crippen LogP contribution in [0.4, 0.5) is 0 Å². The van der Waals surface area contributed by atoms with Gasteiger partial charge in [0.15, 0.2) is 6.20 Å². The molecule has 0 saturated heterocycles. The third-order valence-corrected chi connectivity index (χ3v) is 3.39. The molecule has 0 N–H and O–H groups in total. The fraction of sp³-hybridized carbons (Fsp3) is 0.733. The number of carbonyl (C=O) groups excluding carboxylic acids is 1. The van der Waals surface area contributed by atoms with E-state index < -0.39 is 0 Å². The third-order valence-electron chi connectivity index (χ3n) is 3.39. The molecule has 0 aliphatic carbocycles. The van der Waals surface area contributed by atoms with Gasteiger partial charge in [0.05, 0.1) is 0 Å². The molecular weight excluding hydrogens is 226 g/mol. The van der Waals surface area contributed by atoms with Gasteiger partial charge in [0.2, 0.25) is 6.10 Å². The Kier molecular flexibility index (Phi) is 7.38. The fourth-order valence-electron chi connectivity index (χ4n) is 2.20. The molecule has 0 fully saturated rings. The minimum atomic E-state index is -0.275. The van der Waals surface area contributed by atoms with E-state index in [0.29, 0.717) is 0 Å². The lowest BCUT2D eigenvalue weighted by Gasteiger charge is -2.04. The molecule has 0 aromatic carbocycles. The summed E-state index contributed by atoms with van der Waals surface area (Å²) in [6.07, 6.45) is 13.8. The summed E-state index contributed by atoms with van der Waals surface area (Å²) < 4.78 is 6.73. The number of carbonyl (C=O) groups is 1. The van der Waals surface area contributed by atoms with E-state index in [4.69, 9.17) is 4.74 Å². The molecule has 0 bridgehead atoms. The number of hydrogen-bond acceptors (Lipinski definition) is 2. The zero-order chi connectivity index (χ0) is 13.2. The van der Waals surface area contributed by atoms with Gasteiger partial charge in [-0.05, 0) is 19.4 Å². The molecule has 0 saturated carbocycles. The zero-order valence-corrected chi connectivity index (χ0v) is 11.6. The molecule has 0 spiro atoms. The Hall–Kier alpha value is -1.12. The Bertz CT molecular complexity index is 297. The van der Waals surface area contributed by atoms with Crippen molar-refractivity contribution in [3.8, 4) is 0 Å². The van der Waals surface area contributed by atoms with Gasteiger partial charge in [-0.1, -0.05) is 51.9 Å². The van der Waals surface area contributed by atoms with Crippen LogP contribution in [0.25, 0.3) is 0 Å². The summed E-state index contributed by atoms with van der Waals surface area (Å²) in [4.78, 5) is 11.7. The van der Waals surface area contributed by atoms with Crippen LogP contribution in [0.3, 0.4) is 0 Å². The highest BCUT2D eigenvalue weighted by Gasteiger charge is 2.34. The second-order valence-electron chi connectivity index (χ2n) is 4.92. The van der Waals surface area contributed by atoms with E-state index in [1.54, 1.807) is 0 Å². The molecule has 1 heterocycles. The van der Waals surface area contributed by atoms with E-state index >= 15 is 0 Å². The molecule has 0 aromatic rings. The number of rotatable bonds is 10. The normalized spacial score (nSPS) is 18.6. The topological polar surface area (TPSA) is 29.3 Å². The maximum absolute atomic E-state index is 11.7. The number of hydrogen-bond donors (Lipinski definition) is 0. The van der Waals surface area contributed by atoms with Gasteiger partial charge < -0.3 is 4.74 Å². The number of nitrogens with zero attached hydrogens (tertiary/aromatic N) is 1. The molecular formula is C15H26NO2+. The smallest absolute Gasteiger partial charge is 0.431 e. The maximum Gasteiger partial charge on any atom is 0.435 e. The first-order valence-corrected chi connectivity index (χ1v) is 7.23. The standard InChI is InChI=1S/C15H26NO2/c1-3-5-6-7-8-9-10-11-12-14-15(17)16(4-2)13-18-14/h4,13-14H,2-3,5-12H2,1H3/q+1. The quantitative estimate of drug-likeness (QED) is 0.439. The van der Waals surface area contributed by atoms with Gasteiger partial charge in [-0.2, -0.15) is 0 Å². The minimum absolute atomic E-state index is 0.0212. The van der Waals surface area contributed by atoms with Crippen LogP contribution in [0.15, 0.2) is 12.8 Å². The summed E-state index contributed by atoms with van der Waals surface area (Å²) in [6, 6.07) is 0. The van der Waals surface area contributed by atoms with Crippen LogP contribution in [0, 0.1) is 0 Å². The van der Waals surface area contributed by atoms with Gasteiger partial charge in [0.1, 0.15) is 0 Å². The van der Waals surface area contributed by atoms with Crippen molar-refractivity contribution in [3.63, 3.8) is 0 Å². The van der Waals surface area contributed by atoms with Crippen molar-refractivity contribution in [2.45, 2.75) is 70.8 Å². The molecule has 3 heteroatoms. The SMILES string of the molecule is C=C[N+]1=COC(CCCCCCCCCC)C1=O. The van der Waals surface area contributed by atoms with Crippen molar-refractivity contribution in [2.75, 3.05) is 0 Å². The number of unbranched alkanes of at least 4 members (excludes halogenated alkanes) is 7. The molecule has 0 radical (unpaired) electrons. The predicted molar refractivity (Wildman–Crippen MR) is 73.6 cm³/mol. The van der Waals surface area contributed by atoms with Crippen molar-refractivity contribution in [3.05, 3.63) is 12.8 Å². The highest BCUT2D eigenvalue weighted by Crippen LogP contribution is 2.14. The highest BCUT2D eigenvalue weighted by atomic mass is 16.5. The first kappa shape index (κ1) is 14.9. The Labute approximate surface area is 111 Å². The molecule has 18 heavy (non-hydrogen) atoms. The first-order valence-electron chi connectivity index (χ1n) is 7.23. The largest absolute Gasteiger partial charge is 0.435 e. The Morgan fingerprint density at radius 3 is 2.39 bits per heavy atom. The minimum Gasteiger partial charge on any atom is -0.431 e. The molecule has 1 rings (SSSR count). The van der Waals surface area contributed by atoms with Crippen molar-refractivity contribution in [2.24, 2.45) is 0 Å². The van der Waals surface area contributed by atoms with Crippen LogP contribution in [0.1, 0.15) is 64.7 Å². The van der Waals surface area contributed by atoms with Gasteiger partial charge in [-0.15, -0.1) is 4.58 Å². The average Bonchev–Trinajstić information content (AvgIpc) is 2.73. The predicted octanol–water partition coefficient (Wildman–Crippen LogP) is 3.63. The number of amides is 1. The summed E-state index contributed by atoms with van der Waals surface area (Å²) in [5.41, 5.74) is 0. The summed E-state index contributed by atoms with van der Waals surface area (Å²) >= 11 is 0. The summed E-state index contributed by atoms with van der Waals surface area (Å²) in [7, 11) is 0. The summed E-state index contributed by atoms with van der Waals surface area (Å²) in [6.45, 7) is 5.80. The van der Waals surface area contributed by atoms with Crippen LogP contribution in [0.2, 0.25) is 0 Å². The maximum atomic E-state index is 11.7. The third kappa shape index (κ3) is 5.03. The van der Waals surface area contributed by atoms with Crippen molar-refractivity contribution in [1.29, 1.82) is 0 Å². The van der Waals surface area contributed by atoms with Crippen LogP contribution < -0.4 is 0 Å². The van der Waals surface area contributed by atoms with Crippen molar-refractivity contribution >= 4 is 12.3 Å². The molecule has 1 amide bonds. The molecule has 102 valence electrons. The molecule has 1 atom stereocenters. The Morgan fingerprint density at radius 2 is 1.83 bits per heavy atom. The van der Waals surface area contributed by atoms with Crippen LogP contribution in [0.5, 0.6) is 0 Å². The van der Waals surface area contributed by atoms with Gasteiger partial charge in [0.25, 0.3) is 0 Å². The van der Waals surface area contributed by atoms with E-state index in [-0.39, 0.29) is 12.0 Å². The molecule has 1 aliphatic heterocycles. The lowest BCUT2D eigenvalue weighted by Crippen LogP contribution is -2.22. The second kappa shape index (κ2) is 8.90. The lowest BCUT2D eigenvalue weighted by molar-refractivity contribution is -0.372. The highest BCUT2D eigenvalue weighted by molar-refractivity contribution is 5.80. The second-order valence-corrected chi connectivity index (χ2v) is 4.92. The monoisotopic (exact) mass is 252 g/mol. The molecule has 3 nitrogen and oxygen atoms in total. The van der Waals surface area contributed by atoms with E-state index in [1.807, 2.05) is 0 Å². The van der Waals surface area contributed by atoms with Gasteiger partial charge in [-0.3, -0.25) is 0 Å². The van der Waals surface area contributed by atoms with Crippen LogP contribution in [-0.4, -0.2) is 23.0 Å². The van der Waals surface area contributed by atoms with Crippen molar-refractivity contribution in [1.82, 2.24) is 0 Å². The Morgan fingerprint density at radius 1 is 1.22 bits per heavy atom. The molecule has 0 aromatic heterocycles. The van der Waals surface area contributed by atoms with E-state index in [1.165, 1.54) is 62.1 Å². The first-order chi connectivity index (χ1) is 8.79. The summed E-state index contributed by atoms with van der Waals surface area (Å²) in [5, 5.41) is 0. The Balaban J connectivity index is 1.96. The zero-order valence-electron chi connectivity index (χ0n) is 11.6. The van der Waals surface area contributed by atoms with E-state index in [9.17, 15) is 4.79 Å². The van der Waals surface area contributed by atoms with Gasteiger partial charge in [-0.25, -0.2) is 4.79 Å². The van der Waals surface area contributed by atoms with Gasteiger partial charge in [0, 0.05) is 0 Å². The fourth-order valence-corrected chi connectivity index (χ4v) is 2.20. The van der Waals surface area contributed by atoms with Gasteiger partial charge >= 0.3 is 12.3 Å². The number of ether oxygens (including phenoxy) is 1. The molecule has 1 aliphatic rings. The average molecular weight is 252 g/mol. The lowest BCUT2D eigenvalue weighted by atomic mass is 10.1. The van der Waals surface area contributed by atoms with Crippen LogP contribution in [-0.2, 0) is 9.53 Å². The van der Waals surface area contributed by atoms with Crippen molar-refractivity contribution < 1.29 is 14.1 Å². The molecule has 1 unspecified atom stereocenters.